The highest BCUT2D eigenvalue weighted by molar-refractivity contribution is 5.81. The van der Waals surface area contributed by atoms with Crippen LogP contribution in [0.25, 0.3) is 16.7 Å². The summed E-state index contributed by atoms with van der Waals surface area (Å²) in [6.07, 6.45) is 6.69. The average Bonchev–Trinajstić information content (AvgIpc) is 3.07. The van der Waals surface area contributed by atoms with Crippen molar-refractivity contribution in [1.82, 2.24) is 19.7 Å². The molecule has 1 saturated carbocycles. The molecule has 0 saturated heterocycles. The normalized spacial score (nSPS) is 20.3. The molecule has 2 aromatic heterocycles. The number of nitrogens with zero attached hydrogens (tertiary/aromatic N) is 5. The molecule has 0 radical (unpaired) electrons. The molecule has 0 amide bonds. The molecular formula is C18H18N6O. The zero-order valence-corrected chi connectivity index (χ0v) is 13.6. The van der Waals surface area contributed by atoms with Gasteiger partial charge >= 0.3 is 0 Å². The largest absolute Gasteiger partial charge is 0.393 e. The number of anilines is 1. The summed E-state index contributed by atoms with van der Waals surface area (Å²) in [5.74, 6) is 1.21. The molecular weight excluding hydrogens is 316 g/mol. The second-order valence-corrected chi connectivity index (χ2v) is 6.33. The Balaban J connectivity index is 1.62. The van der Waals surface area contributed by atoms with Crippen LogP contribution >= 0.6 is 0 Å². The van der Waals surface area contributed by atoms with Gasteiger partial charge < -0.3 is 10.4 Å². The first kappa shape index (κ1) is 15.5. The molecule has 126 valence electrons. The molecule has 1 aromatic carbocycles. The minimum Gasteiger partial charge on any atom is -0.393 e. The summed E-state index contributed by atoms with van der Waals surface area (Å²) in [7, 11) is 0. The minimum absolute atomic E-state index is 0.185. The summed E-state index contributed by atoms with van der Waals surface area (Å²) in [5, 5.41) is 27.4. The van der Waals surface area contributed by atoms with Crippen LogP contribution in [0.1, 0.15) is 31.2 Å². The third-order valence-electron chi connectivity index (χ3n) is 4.59. The lowest BCUT2D eigenvalue weighted by Gasteiger charge is -2.26. The smallest absolute Gasteiger partial charge is 0.224 e. The number of aliphatic hydroxyl groups excluding tert-OH is 1. The van der Waals surface area contributed by atoms with Gasteiger partial charge in [0.2, 0.25) is 5.95 Å². The van der Waals surface area contributed by atoms with Crippen molar-refractivity contribution in [1.29, 1.82) is 5.26 Å². The molecule has 0 bridgehead atoms. The summed E-state index contributed by atoms with van der Waals surface area (Å²) in [5.41, 5.74) is 1.42. The standard InChI is InChI=1S/C18H18N6O/c19-10-12-1-2-13-11-21-24(16(13)9-12)17-7-8-20-18(23-17)22-14-3-5-15(25)6-4-14/h1-2,7-9,11,14-15,25H,3-6H2,(H,20,22,23)/t14-,15-. The molecule has 2 N–H and O–H groups in total. The number of rotatable bonds is 3. The first-order chi connectivity index (χ1) is 12.2. The number of aliphatic hydroxyl groups is 1. The maximum Gasteiger partial charge on any atom is 0.224 e. The molecule has 3 aromatic rings. The van der Waals surface area contributed by atoms with Gasteiger partial charge in [0.15, 0.2) is 5.82 Å². The second-order valence-electron chi connectivity index (χ2n) is 6.33. The number of hydrogen-bond acceptors (Lipinski definition) is 6. The summed E-state index contributed by atoms with van der Waals surface area (Å²) >= 11 is 0. The highest BCUT2D eigenvalue weighted by Crippen LogP contribution is 2.22. The number of aromatic nitrogens is 4. The Morgan fingerprint density at radius 1 is 1.20 bits per heavy atom. The molecule has 1 aliphatic carbocycles. The van der Waals surface area contributed by atoms with Crippen molar-refractivity contribution in [3.8, 4) is 11.9 Å². The summed E-state index contributed by atoms with van der Waals surface area (Å²) < 4.78 is 1.72. The van der Waals surface area contributed by atoms with Crippen LogP contribution in [0, 0.1) is 11.3 Å². The van der Waals surface area contributed by atoms with Crippen LogP contribution < -0.4 is 5.32 Å². The Bertz CT molecular complexity index is 936. The van der Waals surface area contributed by atoms with E-state index in [-0.39, 0.29) is 12.1 Å². The van der Waals surface area contributed by atoms with Crippen molar-refractivity contribution in [3.05, 3.63) is 42.2 Å². The van der Waals surface area contributed by atoms with Crippen LogP contribution in [-0.2, 0) is 0 Å². The van der Waals surface area contributed by atoms with E-state index in [9.17, 15) is 5.11 Å². The van der Waals surface area contributed by atoms with Gasteiger partial charge in [0.05, 0.1) is 29.5 Å². The Hall–Kier alpha value is -2.98. The predicted octanol–water partition coefficient (Wildman–Crippen LogP) is 2.40. The van der Waals surface area contributed by atoms with Gasteiger partial charge in [0.1, 0.15) is 0 Å². The Kier molecular flexibility index (Phi) is 4.04. The Labute approximate surface area is 145 Å². The number of nitrogens with one attached hydrogen (secondary N) is 1. The fraction of sp³-hybridized carbons (Fsp3) is 0.333. The van der Waals surface area contributed by atoms with Crippen molar-refractivity contribution in [2.45, 2.75) is 37.8 Å². The monoisotopic (exact) mass is 334 g/mol. The van der Waals surface area contributed by atoms with E-state index in [1.165, 1.54) is 0 Å². The van der Waals surface area contributed by atoms with Gasteiger partial charge in [-0.05, 0) is 43.9 Å². The second kappa shape index (κ2) is 6.49. The zero-order chi connectivity index (χ0) is 17.2. The van der Waals surface area contributed by atoms with E-state index in [1.54, 1.807) is 35.3 Å². The average molecular weight is 334 g/mol. The van der Waals surface area contributed by atoms with E-state index < -0.39 is 0 Å². The maximum atomic E-state index is 9.61. The predicted molar refractivity (Wildman–Crippen MR) is 93.3 cm³/mol. The molecule has 25 heavy (non-hydrogen) atoms. The number of benzene rings is 1. The van der Waals surface area contributed by atoms with E-state index in [0.29, 0.717) is 17.3 Å². The first-order valence-corrected chi connectivity index (χ1v) is 8.39. The van der Waals surface area contributed by atoms with Crippen LogP contribution in [0.5, 0.6) is 0 Å². The van der Waals surface area contributed by atoms with E-state index in [4.69, 9.17) is 5.26 Å². The molecule has 0 spiro atoms. The van der Waals surface area contributed by atoms with E-state index >= 15 is 0 Å². The third kappa shape index (κ3) is 3.16. The van der Waals surface area contributed by atoms with E-state index in [1.807, 2.05) is 6.07 Å². The van der Waals surface area contributed by atoms with Crippen LogP contribution in [0.15, 0.2) is 36.7 Å². The topological polar surface area (TPSA) is 99.7 Å². The number of hydrogen-bond donors (Lipinski definition) is 2. The highest BCUT2D eigenvalue weighted by Gasteiger charge is 2.20. The maximum absolute atomic E-state index is 9.61. The fourth-order valence-electron chi connectivity index (χ4n) is 3.21. The Morgan fingerprint density at radius 3 is 2.84 bits per heavy atom. The van der Waals surface area contributed by atoms with Gasteiger partial charge in [-0.2, -0.15) is 15.3 Å². The molecule has 0 aliphatic heterocycles. The molecule has 1 aliphatic rings. The van der Waals surface area contributed by atoms with Crippen LogP contribution in [0.4, 0.5) is 5.95 Å². The quantitative estimate of drug-likeness (QED) is 0.763. The first-order valence-electron chi connectivity index (χ1n) is 8.39. The van der Waals surface area contributed by atoms with Crippen molar-refractivity contribution in [2.75, 3.05) is 5.32 Å². The lowest BCUT2D eigenvalue weighted by atomic mass is 9.93. The molecule has 0 atom stereocenters. The summed E-state index contributed by atoms with van der Waals surface area (Å²) in [6.45, 7) is 0. The molecule has 7 heteroatoms. The van der Waals surface area contributed by atoms with E-state index in [2.05, 4.69) is 26.5 Å². The van der Waals surface area contributed by atoms with Crippen molar-refractivity contribution >= 4 is 16.9 Å². The van der Waals surface area contributed by atoms with Crippen LogP contribution in [-0.4, -0.2) is 37.0 Å². The lowest BCUT2D eigenvalue weighted by Crippen LogP contribution is -2.29. The highest BCUT2D eigenvalue weighted by atomic mass is 16.3. The van der Waals surface area contributed by atoms with Crippen molar-refractivity contribution in [3.63, 3.8) is 0 Å². The van der Waals surface area contributed by atoms with Gasteiger partial charge in [-0.1, -0.05) is 0 Å². The van der Waals surface area contributed by atoms with Crippen molar-refractivity contribution < 1.29 is 5.11 Å². The molecule has 1 fully saturated rings. The third-order valence-corrected chi connectivity index (χ3v) is 4.59. The Morgan fingerprint density at radius 2 is 2.04 bits per heavy atom. The fourth-order valence-corrected chi connectivity index (χ4v) is 3.21. The molecule has 2 heterocycles. The number of nitriles is 1. The van der Waals surface area contributed by atoms with E-state index in [0.717, 1.165) is 36.6 Å². The zero-order valence-electron chi connectivity index (χ0n) is 13.6. The van der Waals surface area contributed by atoms with Gasteiger partial charge in [-0.25, -0.2) is 9.67 Å². The van der Waals surface area contributed by atoms with Crippen LogP contribution in [0.3, 0.4) is 0 Å². The lowest BCUT2D eigenvalue weighted by molar-refractivity contribution is 0.126. The number of fused-ring (bicyclic) bond motifs is 1. The van der Waals surface area contributed by atoms with Crippen LogP contribution in [0.2, 0.25) is 0 Å². The van der Waals surface area contributed by atoms with Gasteiger partial charge in [-0.15, -0.1) is 0 Å². The molecule has 0 unspecified atom stereocenters. The molecule has 4 rings (SSSR count). The summed E-state index contributed by atoms with van der Waals surface area (Å²) in [6, 6.07) is 9.68. The van der Waals surface area contributed by atoms with Gasteiger partial charge in [0.25, 0.3) is 0 Å². The van der Waals surface area contributed by atoms with Crippen molar-refractivity contribution in [2.24, 2.45) is 0 Å². The van der Waals surface area contributed by atoms with Gasteiger partial charge in [-0.3, -0.25) is 0 Å². The minimum atomic E-state index is -0.185. The molecule has 7 nitrogen and oxygen atoms in total. The summed E-state index contributed by atoms with van der Waals surface area (Å²) in [4.78, 5) is 8.86. The van der Waals surface area contributed by atoms with Gasteiger partial charge in [0, 0.05) is 23.7 Å². The SMILES string of the molecule is N#Cc1ccc2cnn(-c3ccnc(N[C@H]4CC[C@H](O)CC4)n3)c2c1.